The number of alkyl halides is 2. The van der Waals surface area contributed by atoms with E-state index in [0.29, 0.717) is 41.8 Å². The number of pyridine rings is 1. The maximum Gasteiger partial charge on any atom is 0.266 e. The molecule has 3 heterocycles. The van der Waals surface area contributed by atoms with Crippen LogP contribution in [-0.4, -0.2) is 60.0 Å². The predicted octanol–water partition coefficient (Wildman–Crippen LogP) is 1.98. The molecule has 0 saturated carbocycles. The molecule has 1 unspecified atom stereocenters. The standard InChI is InChI=1S/C25H30B2F3N5O3/c1-13(15-6-5-7-16(19(15)28)20(29)30)33-21-17-10-18(23(37)34(3)22(17)32-12-31-21)24(38-4)8-9-35(14(2)36)25(26,27)11-24/h5-7,10,12-13,20H,8-9,11,26-27H2,1-4H3,(H,31,32,33)/t13-,24?/m1/s1. The molecule has 1 saturated heterocycles. The number of hydrogen-bond acceptors (Lipinski definition) is 6. The normalized spacial score (nSPS) is 20.1. The molecular formula is C25H30B2F3N5O3. The topological polar surface area (TPSA) is 89.3 Å². The molecule has 1 aromatic carbocycles. The molecule has 1 aliphatic rings. The number of nitrogens with one attached hydrogen (secondary N) is 1. The van der Waals surface area contributed by atoms with Gasteiger partial charge in [0, 0.05) is 33.2 Å². The highest BCUT2D eigenvalue weighted by molar-refractivity contribution is 6.41. The van der Waals surface area contributed by atoms with Gasteiger partial charge in [0.15, 0.2) is 0 Å². The fourth-order valence-corrected chi connectivity index (χ4v) is 5.64. The maximum atomic E-state index is 14.8. The highest BCUT2D eigenvalue weighted by Crippen LogP contribution is 2.41. The maximum absolute atomic E-state index is 14.8. The molecule has 0 radical (unpaired) electrons. The quantitative estimate of drug-likeness (QED) is 0.494. The fourth-order valence-electron chi connectivity index (χ4n) is 5.64. The Morgan fingerprint density at radius 3 is 2.53 bits per heavy atom. The number of anilines is 1. The Labute approximate surface area is 220 Å². The summed E-state index contributed by atoms with van der Waals surface area (Å²) < 4.78 is 48.8. The molecule has 3 aromatic rings. The first-order valence-electron chi connectivity index (χ1n) is 12.3. The van der Waals surface area contributed by atoms with Crippen molar-refractivity contribution in [3.63, 3.8) is 0 Å². The Kier molecular flexibility index (Phi) is 7.35. The van der Waals surface area contributed by atoms with E-state index < -0.39 is 34.8 Å². The smallest absolute Gasteiger partial charge is 0.266 e. The van der Waals surface area contributed by atoms with Crippen molar-refractivity contribution in [1.29, 1.82) is 0 Å². The summed E-state index contributed by atoms with van der Waals surface area (Å²) in [5.74, 6) is -0.720. The molecule has 0 spiro atoms. The molecule has 1 fully saturated rings. The lowest BCUT2D eigenvalue weighted by molar-refractivity contribution is -0.139. The number of halogens is 3. The zero-order chi connectivity index (χ0) is 28.0. The van der Waals surface area contributed by atoms with Crippen molar-refractivity contribution in [3.05, 3.63) is 63.5 Å². The highest BCUT2D eigenvalue weighted by Gasteiger charge is 2.47. The van der Waals surface area contributed by atoms with Crippen LogP contribution in [0.1, 0.15) is 55.8 Å². The Morgan fingerprint density at radius 2 is 1.92 bits per heavy atom. The van der Waals surface area contributed by atoms with Gasteiger partial charge >= 0.3 is 0 Å². The van der Waals surface area contributed by atoms with E-state index in [1.807, 2.05) is 15.7 Å². The second kappa shape index (κ2) is 10.1. The number of likely N-dealkylation sites (tertiary alicyclic amines) is 1. The fraction of sp³-hybridized carbons (Fsp3) is 0.440. The second-order valence-corrected chi connectivity index (χ2v) is 10.4. The summed E-state index contributed by atoms with van der Waals surface area (Å²) in [7, 11) is 7.02. The number of aryl methyl sites for hydroxylation is 1. The molecule has 13 heteroatoms. The second-order valence-electron chi connectivity index (χ2n) is 10.4. The minimum Gasteiger partial charge on any atom is -0.373 e. The highest BCUT2D eigenvalue weighted by atomic mass is 19.3. The van der Waals surface area contributed by atoms with Gasteiger partial charge in [0.2, 0.25) is 5.91 Å². The number of nitrogens with zero attached hydrogens (tertiary/aromatic N) is 4. The number of piperidine rings is 1. The number of hydrogen-bond donors (Lipinski definition) is 1. The van der Waals surface area contributed by atoms with E-state index in [4.69, 9.17) is 4.74 Å². The van der Waals surface area contributed by atoms with Gasteiger partial charge in [-0.05, 0) is 31.2 Å². The van der Waals surface area contributed by atoms with Crippen molar-refractivity contribution in [1.82, 2.24) is 19.4 Å². The number of aromatic nitrogens is 3. The average Bonchev–Trinajstić information content (AvgIpc) is 2.85. The van der Waals surface area contributed by atoms with Gasteiger partial charge in [0.05, 0.1) is 22.6 Å². The first-order chi connectivity index (χ1) is 17.8. The third-order valence-electron chi connectivity index (χ3n) is 7.57. The number of methoxy groups -OCH3 is 1. The Hall–Kier alpha value is -3.34. The van der Waals surface area contributed by atoms with E-state index in [1.165, 1.54) is 30.0 Å². The number of rotatable bonds is 6. The van der Waals surface area contributed by atoms with Crippen molar-refractivity contribution >= 4 is 38.5 Å². The minimum absolute atomic E-state index is 0.0527. The van der Waals surface area contributed by atoms with Gasteiger partial charge in [-0.25, -0.2) is 23.1 Å². The molecule has 1 aliphatic heterocycles. The molecular weight excluding hydrogens is 497 g/mol. The van der Waals surface area contributed by atoms with E-state index in [2.05, 4.69) is 15.3 Å². The summed E-state index contributed by atoms with van der Waals surface area (Å²) in [5, 5.41) is 3.03. The van der Waals surface area contributed by atoms with E-state index in [-0.39, 0.29) is 17.0 Å². The molecule has 0 bridgehead atoms. The lowest BCUT2D eigenvalue weighted by Crippen LogP contribution is -2.62. The summed E-state index contributed by atoms with van der Waals surface area (Å²) in [6, 6.07) is 4.84. The van der Waals surface area contributed by atoms with Crippen LogP contribution in [0.5, 0.6) is 0 Å². The lowest BCUT2D eigenvalue weighted by Gasteiger charge is -2.51. The number of carbonyl (C=O) groups is 1. The third-order valence-corrected chi connectivity index (χ3v) is 7.57. The van der Waals surface area contributed by atoms with Crippen LogP contribution in [0.2, 0.25) is 0 Å². The largest absolute Gasteiger partial charge is 0.373 e. The number of amides is 1. The van der Waals surface area contributed by atoms with Gasteiger partial charge in [-0.15, -0.1) is 0 Å². The molecule has 1 N–H and O–H groups in total. The van der Waals surface area contributed by atoms with Crippen molar-refractivity contribution < 1.29 is 22.7 Å². The van der Waals surface area contributed by atoms with Gasteiger partial charge in [0.1, 0.15) is 44.9 Å². The Bertz CT molecular complexity index is 1450. The van der Waals surface area contributed by atoms with E-state index >= 15 is 0 Å². The molecule has 2 aromatic heterocycles. The van der Waals surface area contributed by atoms with Crippen LogP contribution in [-0.2, 0) is 22.2 Å². The van der Waals surface area contributed by atoms with Crippen molar-refractivity contribution in [3.8, 4) is 0 Å². The van der Waals surface area contributed by atoms with Gasteiger partial charge in [-0.3, -0.25) is 14.2 Å². The monoisotopic (exact) mass is 527 g/mol. The van der Waals surface area contributed by atoms with Crippen LogP contribution in [0.4, 0.5) is 19.0 Å². The summed E-state index contributed by atoms with van der Waals surface area (Å²) in [5.41, 5.74) is -1.14. The molecule has 200 valence electrons. The number of benzene rings is 1. The summed E-state index contributed by atoms with van der Waals surface area (Å²) in [6.07, 6.45) is -0.868. The molecule has 38 heavy (non-hydrogen) atoms. The van der Waals surface area contributed by atoms with E-state index in [0.717, 1.165) is 6.07 Å². The predicted molar refractivity (Wildman–Crippen MR) is 143 cm³/mol. The van der Waals surface area contributed by atoms with Crippen LogP contribution in [0.3, 0.4) is 0 Å². The zero-order valence-corrected chi connectivity index (χ0v) is 22.3. The van der Waals surface area contributed by atoms with E-state index in [9.17, 15) is 22.8 Å². The van der Waals surface area contributed by atoms with Gasteiger partial charge in [0.25, 0.3) is 12.0 Å². The molecule has 4 rings (SSSR count). The van der Waals surface area contributed by atoms with E-state index in [1.54, 1.807) is 32.0 Å². The van der Waals surface area contributed by atoms with Crippen LogP contribution in [0.15, 0.2) is 35.4 Å². The third kappa shape index (κ3) is 4.68. The van der Waals surface area contributed by atoms with Crippen LogP contribution >= 0.6 is 0 Å². The molecule has 2 atom stereocenters. The molecule has 0 aliphatic carbocycles. The summed E-state index contributed by atoms with van der Waals surface area (Å²) in [4.78, 5) is 36.2. The Balaban J connectivity index is 1.81. The summed E-state index contributed by atoms with van der Waals surface area (Å²) in [6.45, 7) is 3.57. The van der Waals surface area contributed by atoms with Gasteiger partial charge in [-0.2, -0.15) is 0 Å². The van der Waals surface area contributed by atoms with Crippen molar-refractivity contribution in [2.24, 2.45) is 7.05 Å². The first kappa shape index (κ1) is 27.7. The lowest BCUT2D eigenvalue weighted by atomic mass is 9.53. The van der Waals surface area contributed by atoms with Gasteiger partial charge < -0.3 is 15.0 Å². The van der Waals surface area contributed by atoms with Crippen LogP contribution < -0.4 is 10.9 Å². The minimum atomic E-state index is -2.94. The summed E-state index contributed by atoms with van der Waals surface area (Å²) >= 11 is 0. The van der Waals surface area contributed by atoms with Crippen LogP contribution in [0, 0.1) is 5.82 Å². The van der Waals surface area contributed by atoms with Crippen LogP contribution in [0.25, 0.3) is 11.0 Å². The molecule has 1 amide bonds. The Morgan fingerprint density at radius 1 is 1.24 bits per heavy atom. The average molecular weight is 527 g/mol. The van der Waals surface area contributed by atoms with Crippen molar-refractivity contribution in [2.75, 3.05) is 19.0 Å². The number of ether oxygens (including phenoxy) is 1. The SMILES string of the molecule is BC1(B)CC(OC)(c2cc3c(N[C@H](C)c4cccc(C(F)F)c4F)ncnc3n(C)c2=O)CCN1C(C)=O. The number of carbonyl (C=O) groups excluding carboxylic acids is 1. The zero-order valence-electron chi connectivity index (χ0n) is 22.3. The first-order valence-corrected chi connectivity index (χ1v) is 12.3. The molecule has 8 nitrogen and oxygen atoms in total. The van der Waals surface area contributed by atoms with Crippen molar-refractivity contribution in [2.45, 2.75) is 50.1 Å². The van der Waals surface area contributed by atoms with Gasteiger partial charge in [-0.1, -0.05) is 18.2 Å². The number of fused-ring (bicyclic) bond motifs is 1.